The van der Waals surface area contributed by atoms with Crippen LogP contribution in [0.25, 0.3) is 11.2 Å². The molecule has 20 heavy (non-hydrogen) atoms. The largest absolute Gasteiger partial charge is 0.392 e. The number of rotatable bonds is 5. The first-order chi connectivity index (χ1) is 9.57. The molecule has 0 aromatic carbocycles. The molecule has 2 aromatic heterocycles. The second-order valence-electron chi connectivity index (χ2n) is 4.21. The Morgan fingerprint density at radius 3 is 3.00 bits per heavy atom. The molecule has 0 aliphatic rings. The topological polar surface area (TPSA) is 113 Å². The monoisotopic (exact) mass is 278 g/mol. The average molecular weight is 278 g/mol. The van der Waals surface area contributed by atoms with E-state index in [9.17, 15) is 15.0 Å². The Labute approximate surface area is 114 Å². The van der Waals surface area contributed by atoms with Crippen LogP contribution in [0.1, 0.15) is 0 Å². The number of imidazole rings is 1. The zero-order chi connectivity index (χ0) is 14.8. The zero-order valence-electron chi connectivity index (χ0n) is 10.8. The molecule has 0 aliphatic carbocycles. The van der Waals surface area contributed by atoms with E-state index in [0.29, 0.717) is 5.65 Å². The molecular weight excluding hydrogens is 264 g/mol. The number of hydrogen-bond acceptors (Lipinski definition) is 6. The Hall–Kier alpha value is -2.21. The molecule has 8 heteroatoms. The predicted octanol–water partition coefficient (Wildman–Crippen LogP) is -1.51. The minimum atomic E-state index is -1.52. The Kier molecular flexibility index (Phi) is 3.85. The Morgan fingerprint density at radius 2 is 2.40 bits per heavy atom. The summed E-state index contributed by atoms with van der Waals surface area (Å²) in [5.74, 6) is 2.24. The van der Waals surface area contributed by atoms with E-state index < -0.39 is 18.3 Å². The summed E-state index contributed by atoms with van der Waals surface area (Å²) in [4.78, 5) is 21.8. The van der Waals surface area contributed by atoms with Crippen molar-refractivity contribution in [3.05, 3.63) is 23.0 Å². The fourth-order valence-electron chi connectivity index (χ4n) is 1.87. The normalized spacial score (nSPS) is 15.7. The molecule has 0 aliphatic heterocycles. The molecule has 0 unspecified atom stereocenters. The maximum absolute atomic E-state index is 11.5. The van der Waals surface area contributed by atoms with E-state index in [1.54, 1.807) is 0 Å². The van der Waals surface area contributed by atoms with Crippen molar-refractivity contribution < 1.29 is 14.9 Å². The van der Waals surface area contributed by atoms with Crippen molar-refractivity contribution in [1.29, 1.82) is 0 Å². The van der Waals surface area contributed by atoms with Gasteiger partial charge in [0.15, 0.2) is 16.8 Å². The van der Waals surface area contributed by atoms with E-state index in [0.717, 1.165) is 0 Å². The van der Waals surface area contributed by atoms with Gasteiger partial charge in [-0.3, -0.25) is 4.79 Å². The summed E-state index contributed by atoms with van der Waals surface area (Å²) in [6.45, 7) is -0.562. The third-order valence-electron chi connectivity index (χ3n) is 3.16. The minimum Gasteiger partial charge on any atom is -0.392 e. The van der Waals surface area contributed by atoms with Crippen molar-refractivity contribution in [1.82, 2.24) is 19.5 Å². The van der Waals surface area contributed by atoms with Gasteiger partial charge in [0, 0.05) is 7.11 Å². The number of aliphatic hydroxyl groups is 2. The Balaban J connectivity index is 2.36. The maximum atomic E-state index is 11.5. The highest BCUT2D eigenvalue weighted by molar-refractivity contribution is 5.68. The molecule has 0 radical (unpaired) electrons. The number of hydrogen-bond donors (Lipinski definition) is 3. The van der Waals surface area contributed by atoms with Gasteiger partial charge in [-0.15, -0.1) is 6.42 Å². The first kappa shape index (κ1) is 14.2. The SMILES string of the molecule is C#C[C@](CO)(OC)[C@@H](O)Cn1cnc2c(=O)[nH]cnc21. The summed E-state index contributed by atoms with van der Waals surface area (Å²) in [5.41, 5.74) is -1.42. The zero-order valence-corrected chi connectivity index (χ0v) is 10.8. The molecule has 2 aromatic rings. The first-order valence-corrected chi connectivity index (χ1v) is 5.78. The highest BCUT2D eigenvalue weighted by atomic mass is 16.5. The van der Waals surface area contributed by atoms with Crippen LogP contribution in [0.15, 0.2) is 17.4 Å². The fourth-order valence-corrected chi connectivity index (χ4v) is 1.87. The van der Waals surface area contributed by atoms with Gasteiger partial charge in [0.05, 0.1) is 25.8 Å². The van der Waals surface area contributed by atoms with Crippen molar-refractivity contribution in [2.75, 3.05) is 13.7 Å². The molecular formula is C12H14N4O4. The summed E-state index contributed by atoms with van der Waals surface area (Å²) in [5, 5.41) is 19.5. The third kappa shape index (κ3) is 2.18. The van der Waals surface area contributed by atoms with Crippen molar-refractivity contribution >= 4 is 11.2 Å². The lowest BCUT2D eigenvalue weighted by Crippen LogP contribution is -2.48. The Bertz CT molecular complexity index is 695. The number of aromatic amines is 1. The predicted molar refractivity (Wildman–Crippen MR) is 69.8 cm³/mol. The van der Waals surface area contributed by atoms with Crippen LogP contribution < -0.4 is 5.56 Å². The number of ether oxygens (including phenoxy) is 1. The van der Waals surface area contributed by atoms with Crippen LogP contribution in [0.4, 0.5) is 0 Å². The van der Waals surface area contributed by atoms with Gasteiger partial charge < -0.3 is 24.5 Å². The highest BCUT2D eigenvalue weighted by Gasteiger charge is 2.36. The fraction of sp³-hybridized carbons (Fsp3) is 0.417. The minimum absolute atomic E-state index is 0.0223. The number of aromatic nitrogens is 4. The standard InChI is InChI=1S/C12H14N4O4/c1-3-12(5-17,20-2)8(18)4-16-7-15-9-10(16)13-6-14-11(9)19/h1,6-8,17-18H,4-5H2,2H3,(H,13,14,19)/t8-,12+/m0/s1. The van der Waals surface area contributed by atoms with Gasteiger partial charge in [0.25, 0.3) is 5.56 Å². The summed E-state index contributed by atoms with van der Waals surface area (Å²) < 4.78 is 6.49. The highest BCUT2D eigenvalue weighted by Crippen LogP contribution is 2.17. The molecule has 0 bridgehead atoms. The van der Waals surface area contributed by atoms with E-state index in [4.69, 9.17) is 11.2 Å². The molecule has 2 heterocycles. The second kappa shape index (κ2) is 5.42. The van der Waals surface area contributed by atoms with Crippen molar-refractivity contribution in [3.63, 3.8) is 0 Å². The van der Waals surface area contributed by atoms with Gasteiger partial charge in [-0.1, -0.05) is 5.92 Å². The van der Waals surface area contributed by atoms with Crippen LogP contribution in [-0.4, -0.2) is 55.2 Å². The van der Waals surface area contributed by atoms with Gasteiger partial charge in [0.2, 0.25) is 0 Å². The van der Waals surface area contributed by atoms with Crippen LogP contribution in [0.2, 0.25) is 0 Å². The third-order valence-corrected chi connectivity index (χ3v) is 3.16. The molecule has 0 fully saturated rings. The molecule has 8 nitrogen and oxygen atoms in total. The van der Waals surface area contributed by atoms with Crippen LogP contribution in [0.3, 0.4) is 0 Å². The van der Waals surface area contributed by atoms with Crippen molar-refractivity contribution in [2.45, 2.75) is 18.2 Å². The van der Waals surface area contributed by atoms with Gasteiger partial charge in [-0.2, -0.15) is 0 Å². The van der Waals surface area contributed by atoms with Crippen LogP contribution in [0, 0.1) is 12.3 Å². The summed E-state index contributed by atoms with van der Waals surface area (Å²) in [6, 6.07) is 0. The maximum Gasteiger partial charge on any atom is 0.278 e. The first-order valence-electron chi connectivity index (χ1n) is 5.78. The number of nitrogens with zero attached hydrogens (tertiary/aromatic N) is 3. The molecule has 0 spiro atoms. The summed E-state index contributed by atoms with van der Waals surface area (Å²) in [7, 11) is 1.30. The van der Waals surface area contributed by atoms with Gasteiger partial charge in [-0.05, 0) is 0 Å². The van der Waals surface area contributed by atoms with E-state index >= 15 is 0 Å². The van der Waals surface area contributed by atoms with Gasteiger partial charge >= 0.3 is 0 Å². The molecule has 0 saturated carbocycles. The van der Waals surface area contributed by atoms with E-state index in [-0.39, 0.29) is 17.6 Å². The number of fused-ring (bicyclic) bond motifs is 1. The number of H-pyrrole nitrogens is 1. The smallest absolute Gasteiger partial charge is 0.278 e. The van der Waals surface area contributed by atoms with Gasteiger partial charge in [0.1, 0.15) is 6.10 Å². The van der Waals surface area contributed by atoms with E-state index in [1.165, 1.54) is 24.3 Å². The summed E-state index contributed by atoms with van der Waals surface area (Å²) >= 11 is 0. The summed E-state index contributed by atoms with van der Waals surface area (Å²) in [6.07, 6.45) is 6.72. The van der Waals surface area contributed by atoms with E-state index in [2.05, 4.69) is 20.9 Å². The molecule has 106 valence electrons. The molecule has 3 N–H and O–H groups in total. The van der Waals surface area contributed by atoms with Crippen LogP contribution in [0.5, 0.6) is 0 Å². The van der Waals surface area contributed by atoms with Gasteiger partial charge in [-0.25, -0.2) is 9.97 Å². The van der Waals surface area contributed by atoms with Crippen LogP contribution >= 0.6 is 0 Å². The molecule has 2 atom stereocenters. The number of aliphatic hydroxyl groups excluding tert-OH is 2. The van der Waals surface area contributed by atoms with E-state index in [1.807, 2.05) is 0 Å². The lowest BCUT2D eigenvalue weighted by atomic mass is 9.98. The number of terminal acetylenes is 1. The quantitative estimate of drug-likeness (QED) is 0.573. The molecule has 0 amide bonds. The average Bonchev–Trinajstić information content (AvgIpc) is 2.86. The molecule has 0 saturated heterocycles. The second-order valence-corrected chi connectivity index (χ2v) is 4.21. The van der Waals surface area contributed by atoms with Crippen molar-refractivity contribution in [3.8, 4) is 12.3 Å². The molecule has 2 rings (SSSR count). The Morgan fingerprint density at radius 1 is 1.65 bits per heavy atom. The van der Waals surface area contributed by atoms with Crippen molar-refractivity contribution in [2.24, 2.45) is 0 Å². The van der Waals surface area contributed by atoms with Crippen LogP contribution in [-0.2, 0) is 11.3 Å². The number of methoxy groups -OCH3 is 1. The lowest BCUT2D eigenvalue weighted by Gasteiger charge is -2.30. The lowest BCUT2D eigenvalue weighted by molar-refractivity contribution is -0.0947. The number of nitrogens with one attached hydrogen (secondary N) is 1.